The first-order valence-electron chi connectivity index (χ1n) is 14.8. The van der Waals surface area contributed by atoms with Crippen LogP contribution in [-0.2, 0) is 4.79 Å². The summed E-state index contributed by atoms with van der Waals surface area (Å²) in [6.07, 6.45) is 0.855. The summed E-state index contributed by atoms with van der Waals surface area (Å²) in [4.78, 5) is 30.8. The van der Waals surface area contributed by atoms with Gasteiger partial charge in [-0.1, -0.05) is 41.9 Å². The first kappa shape index (κ1) is 30.6. The Morgan fingerprint density at radius 1 is 0.957 bits per heavy atom. The number of hydrogen-bond donors (Lipinski definition) is 2. The largest absolute Gasteiger partial charge is 0.493 e. The molecular weight excluding hydrogens is 604 g/mol. The van der Waals surface area contributed by atoms with Gasteiger partial charge in [0.2, 0.25) is 12.7 Å². The van der Waals surface area contributed by atoms with Crippen molar-refractivity contribution < 1.29 is 23.8 Å². The molecule has 0 radical (unpaired) electrons. The third-order valence-electron chi connectivity index (χ3n) is 7.46. The molecule has 0 saturated heterocycles. The van der Waals surface area contributed by atoms with E-state index < -0.39 is 0 Å². The van der Waals surface area contributed by atoms with E-state index in [4.69, 9.17) is 30.8 Å². The van der Waals surface area contributed by atoms with Gasteiger partial charge in [-0.2, -0.15) is 5.10 Å². The van der Waals surface area contributed by atoms with E-state index in [1.54, 1.807) is 19.1 Å². The molecule has 0 fully saturated rings. The number of ether oxygens (including phenoxy) is 3. The van der Waals surface area contributed by atoms with Gasteiger partial charge in [0, 0.05) is 28.1 Å². The number of anilines is 1. The van der Waals surface area contributed by atoms with Crippen molar-refractivity contribution in [1.29, 1.82) is 0 Å². The number of nitrogens with zero attached hydrogens (tertiary/aromatic N) is 2. The molecular formula is C36H31ClN4O5. The number of amides is 2. The lowest BCUT2D eigenvalue weighted by atomic mass is 10.0. The second kappa shape index (κ2) is 13.7. The third-order valence-corrected chi connectivity index (χ3v) is 7.70. The number of para-hydroxylation sites is 1. The summed E-state index contributed by atoms with van der Waals surface area (Å²) < 4.78 is 16.7. The zero-order valence-electron chi connectivity index (χ0n) is 25.3. The summed E-state index contributed by atoms with van der Waals surface area (Å²) in [6.45, 7) is 4.30. The van der Waals surface area contributed by atoms with Crippen molar-refractivity contribution in [2.24, 2.45) is 5.10 Å². The van der Waals surface area contributed by atoms with E-state index in [0.29, 0.717) is 69.5 Å². The number of hydrogen-bond acceptors (Lipinski definition) is 7. The predicted octanol–water partition coefficient (Wildman–Crippen LogP) is 7.54. The minimum absolute atomic E-state index is 0.126. The molecule has 2 N–H and O–H groups in total. The van der Waals surface area contributed by atoms with Crippen LogP contribution in [0.1, 0.15) is 41.3 Å². The molecule has 46 heavy (non-hydrogen) atoms. The van der Waals surface area contributed by atoms with Gasteiger partial charge in [-0.15, -0.1) is 0 Å². The van der Waals surface area contributed by atoms with Crippen molar-refractivity contribution in [2.45, 2.75) is 26.7 Å². The standard InChI is InChI=1S/C36H31ClN4O5/c1-22-17-26(37)13-15-32(22)44-16-6-11-35(42)38-27-8-5-7-24(18-27)23(2)40-41-36(43)29-20-31(39-30-10-4-3-9-28(29)30)25-12-14-33-34(19-25)46-21-45-33/h3-5,7-10,12-15,17-20H,6,11,16,21H2,1-2H3,(H,38,42)(H,41,43)/b40-23-. The summed E-state index contributed by atoms with van der Waals surface area (Å²) >= 11 is 6.00. The van der Waals surface area contributed by atoms with Gasteiger partial charge < -0.3 is 19.5 Å². The van der Waals surface area contributed by atoms with E-state index >= 15 is 0 Å². The quantitative estimate of drug-likeness (QED) is 0.0932. The van der Waals surface area contributed by atoms with E-state index in [2.05, 4.69) is 15.8 Å². The average Bonchev–Trinajstić information content (AvgIpc) is 3.54. The van der Waals surface area contributed by atoms with Crippen molar-refractivity contribution in [1.82, 2.24) is 10.4 Å². The number of benzene rings is 4. The van der Waals surface area contributed by atoms with Crippen LogP contribution in [0.25, 0.3) is 22.2 Å². The molecule has 0 bridgehead atoms. The van der Waals surface area contributed by atoms with E-state index in [9.17, 15) is 9.59 Å². The molecule has 9 nitrogen and oxygen atoms in total. The molecule has 1 aliphatic heterocycles. The molecule has 2 heterocycles. The highest BCUT2D eigenvalue weighted by Crippen LogP contribution is 2.36. The number of carbonyl (C=O) groups is 2. The summed E-state index contributed by atoms with van der Waals surface area (Å²) in [5.41, 5.74) is 8.13. The van der Waals surface area contributed by atoms with Crippen LogP contribution in [0.5, 0.6) is 17.2 Å². The van der Waals surface area contributed by atoms with Crippen LogP contribution in [0.3, 0.4) is 0 Å². The van der Waals surface area contributed by atoms with Crippen LogP contribution < -0.4 is 25.0 Å². The molecule has 0 saturated carbocycles. The Bertz CT molecular complexity index is 1980. The Hall–Kier alpha value is -5.41. The highest BCUT2D eigenvalue weighted by molar-refractivity contribution is 6.30. The molecule has 10 heteroatoms. The summed E-state index contributed by atoms with van der Waals surface area (Å²) in [7, 11) is 0. The van der Waals surface area contributed by atoms with E-state index in [0.717, 1.165) is 22.4 Å². The lowest BCUT2D eigenvalue weighted by molar-refractivity contribution is -0.116. The minimum Gasteiger partial charge on any atom is -0.493 e. The van der Waals surface area contributed by atoms with Crippen molar-refractivity contribution in [3.63, 3.8) is 0 Å². The lowest BCUT2D eigenvalue weighted by Gasteiger charge is -2.11. The highest BCUT2D eigenvalue weighted by Gasteiger charge is 2.18. The fraction of sp³-hybridized carbons (Fsp3) is 0.167. The number of fused-ring (bicyclic) bond motifs is 2. The topological polar surface area (TPSA) is 111 Å². The number of halogens is 1. The van der Waals surface area contributed by atoms with Gasteiger partial charge in [0.05, 0.1) is 29.1 Å². The van der Waals surface area contributed by atoms with E-state index in [1.807, 2.05) is 85.8 Å². The minimum atomic E-state index is -0.375. The number of pyridine rings is 1. The monoisotopic (exact) mass is 634 g/mol. The van der Waals surface area contributed by atoms with Crippen LogP contribution in [0.2, 0.25) is 5.02 Å². The molecule has 0 atom stereocenters. The zero-order chi connectivity index (χ0) is 32.0. The Morgan fingerprint density at radius 3 is 2.67 bits per heavy atom. The maximum absolute atomic E-state index is 13.5. The molecule has 5 aromatic rings. The Balaban J connectivity index is 1.10. The van der Waals surface area contributed by atoms with Crippen LogP contribution in [0.4, 0.5) is 5.69 Å². The fourth-order valence-electron chi connectivity index (χ4n) is 5.06. The van der Waals surface area contributed by atoms with Gasteiger partial charge in [-0.05, 0) is 92.1 Å². The van der Waals surface area contributed by atoms with E-state index in [-0.39, 0.29) is 18.6 Å². The van der Waals surface area contributed by atoms with Crippen molar-refractivity contribution in [3.05, 3.63) is 113 Å². The van der Waals surface area contributed by atoms with Crippen molar-refractivity contribution in [2.75, 3.05) is 18.7 Å². The number of nitrogens with one attached hydrogen (secondary N) is 2. The normalized spacial score (nSPS) is 12.2. The summed E-state index contributed by atoms with van der Waals surface area (Å²) in [5.74, 6) is 1.56. The van der Waals surface area contributed by atoms with Crippen LogP contribution in [-0.4, -0.2) is 35.9 Å². The molecule has 1 aliphatic rings. The van der Waals surface area contributed by atoms with Crippen molar-refractivity contribution in [3.8, 4) is 28.5 Å². The van der Waals surface area contributed by atoms with Crippen molar-refractivity contribution >= 4 is 45.7 Å². The Kier molecular flexibility index (Phi) is 9.12. The van der Waals surface area contributed by atoms with Gasteiger partial charge in [0.25, 0.3) is 5.91 Å². The molecule has 232 valence electrons. The Morgan fingerprint density at radius 2 is 1.80 bits per heavy atom. The number of rotatable bonds is 10. The maximum atomic E-state index is 13.5. The SMILES string of the molecule is C/C(=N/NC(=O)c1cc(-c2ccc3c(c2)OCO3)nc2ccccc12)c1cccc(NC(=O)CCCOc2ccc(Cl)cc2C)c1. The van der Waals surface area contributed by atoms with Gasteiger partial charge in [-0.3, -0.25) is 9.59 Å². The third kappa shape index (κ3) is 7.11. The first-order valence-corrected chi connectivity index (χ1v) is 15.2. The first-order chi connectivity index (χ1) is 22.3. The summed E-state index contributed by atoms with van der Waals surface area (Å²) in [6, 6.07) is 27.5. The smallest absolute Gasteiger partial charge is 0.272 e. The number of carbonyl (C=O) groups excluding carboxylic acids is 2. The highest BCUT2D eigenvalue weighted by atomic mass is 35.5. The summed E-state index contributed by atoms with van der Waals surface area (Å²) in [5, 5.41) is 8.66. The fourth-order valence-corrected chi connectivity index (χ4v) is 5.29. The number of hydrazone groups is 1. The second-order valence-corrected chi connectivity index (χ2v) is 11.2. The molecule has 0 aliphatic carbocycles. The molecule has 2 amide bonds. The number of aromatic nitrogens is 1. The number of aryl methyl sites for hydroxylation is 1. The zero-order valence-corrected chi connectivity index (χ0v) is 26.1. The molecule has 4 aromatic carbocycles. The van der Waals surface area contributed by atoms with Gasteiger partial charge in [-0.25, -0.2) is 10.4 Å². The Labute approximate surface area is 271 Å². The molecule has 0 unspecified atom stereocenters. The molecule has 1 aromatic heterocycles. The van der Waals surface area contributed by atoms with Gasteiger partial charge in [0.1, 0.15) is 5.75 Å². The van der Waals surface area contributed by atoms with Crippen LogP contribution >= 0.6 is 11.6 Å². The lowest BCUT2D eigenvalue weighted by Crippen LogP contribution is -2.20. The van der Waals surface area contributed by atoms with Gasteiger partial charge >= 0.3 is 0 Å². The molecule has 6 rings (SSSR count). The predicted molar refractivity (Wildman–Crippen MR) is 179 cm³/mol. The van der Waals surface area contributed by atoms with Gasteiger partial charge in [0.15, 0.2) is 11.5 Å². The second-order valence-electron chi connectivity index (χ2n) is 10.8. The molecule has 0 spiro atoms. The average molecular weight is 635 g/mol. The van der Waals surface area contributed by atoms with Crippen LogP contribution in [0, 0.1) is 6.92 Å². The van der Waals surface area contributed by atoms with E-state index in [1.165, 1.54) is 0 Å². The maximum Gasteiger partial charge on any atom is 0.272 e. The van der Waals surface area contributed by atoms with Crippen LogP contribution in [0.15, 0.2) is 96.1 Å².